The average Bonchev–Trinajstić information content (AvgIpc) is 2.76. The fourth-order valence-electron chi connectivity index (χ4n) is 1.58. The Morgan fingerprint density at radius 1 is 1.44 bits per heavy atom. The van der Waals surface area contributed by atoms with Gasteiger partial charge in [-0.3, -0.25) is 4.79 Å². The highest BCUT2D eigenvalue weighted by Crippen LogP contribution is 2.07. The first-order valence-corrected chi connectivity index (χ1v) is 5.91. The van der Waals surface area contributed by atoms with Crippen molar-refractivity contribution in [2.45, 2.75) is 26.7 Å². The summed E-state index contributed by atoms with van der Waals surface area (Å²) >= 11 is 0. The van der Waals surface area contributed by atoms with Crippen molar-refractivity contribution in [1.29, 1.82) is 0 Å². The highest BCUT2D eigenvalue weighted by Gasteiger charge is 2.16. The lowest BCUT2D eigenvalue weighted by Gasteiger charge is -2.13. The molecule has 1 aliphatic heterocycles. The third kappa shape index (κ3) is 4.51. The van der Waals surface area contributed by atoms with Crippen molar-refractivity contribution in [2.75, 3.05) is 26.2 Å². The molecular weight excluding hydrogens is 204 g/mol. The Morgan fingerprint density at radius 3 is 2.62 bits per heavy atom. The summed E-state index contributed by atoms with van der Waals surface area (Å²) < 4.78 is 0. The number of carbonyl (C=O) groups excluding carboxylic acids is 1. The van der Waals surface area contributed by atoms with Crippen molar-refractivity contribution in [2.24, 2.45) is 16.6 Å². The molecule has 0 unspecified atom stereocenters. The summed E-state index contributed by atoms with van der Waals surface area (Å²) in [6.07, 6.45) is 2.22. The molecule has 0 spiro atoms. The summed E-state index contributed by atoms with van der Waals surface area (Å²) in [5, 5.41) is 2.99. The first-order chi connectivity index (χ1) is 7.59. The first-order valence-electron chi connectivity index (χ1n) is 5.91. The van der Waals surface area contributed by atoms with E-state index in [4.69, 9.17) is 5.73 Å². The molecule has 1 heterocycles. The lowest BCUT2D eigenvalue weighted by atomic mass is 10.2. The molecule has 5 nitrogen and oxygen atoms in total. The Balaban J connectivity index is 2.25. The maximum Gasteiger partial charge on any atom is 0.244 e. The maximum atomic E-state index is 11.6. The highest BCUT2D eigenvalue weighted by molar-refractivity contribution is 5.84. The molecule has 16 heavy (non-hydrogen) atoms. The Morgan fingerprint density at radius 2 is 2.06 bits per heavy atom. The van der Waals surface area contributed by atoms with Crippen LogP contribution in [0.2, 0.25) is 0 Å². The number of nitrogens with two attached hydrogens (primary N) is 1. The van der Waals surface area contributed by atoms with E-state index in [1.165, 1.54) is 0 Å². The predicted molar refractivity (Wildman–Crippen MR) is 65.1 cm³/mol. The van der Waals surface area contributed by atoms with E-state index in [-0.39, 0.29) is 12.5 Å². The van der Waals surface area contributed by atoms with E-state index in [1.807, 2.05) is 4.90 Å². The number of nitrogens with zero attached hydrogens (tertiary/aromatic N) is 2. The Kier molecular flexibility index (Phi) is 5.08. The Hall–Kier alpha value is -1.26. The van der Waals surface area contributed by atoms with Crippen LogP contribution in [0.4, 0.5) is 0 Å². The minimum absolute atomic E-state index is 0.0757. The summed E-state index contributed by atoms with van der Waals surface area (Å²) in [5.74, 6) is 0.955. The summed E-state index contributed by atoms with van der Waals surface area (Å²) in [5.41, 5.74) is 5.64. The van der Waals surface area contributed by atoms with Crippen LogP contribution < -0.4 is 11.1 Å². The molecule has 5 heteroatoms. The first kappa shape index (κ1) is 12.8. The monoisotopic (exact) mass is 226 g/mol. The van der Waals surface area contributed by atoms with Gasteiger partial charge in [0.05, 0.1) is 0 Å². The molecule has 1 fully saturated rings. The molecule has 1 saturated heterocycles. The third-order valence-corrected chi connectivity index (χ3v) is 2.53. The number of aliphatic imine (C=N–C) groups is 1. The van der Waals surface area contributed by atoms with Crippen molar-refractivity contribution in [1.82, 2.24) is 10.2 Å². The number of amides is 1. The van der Waals surface area contributed by atoms with Gasteiger partial charge in [-0.05, 0) is 18.8 Å². The molecule has 0 aromatic carbocycles. The molecule has 1 amide bonds. The van der Waals surface area contributed by atoms with Gasteiger partial charge in [0.15, 0.2) is 5.96 Å². The Labute approximate surface area is 97.1 Å². The zero-order valence-electron chi connectivity index (χ0n) is 10.2. The average molecular weight is 226 g/mol. The number of hydrogen-bond donors (Lipinski definition) is 2. The molecule has 1 aliphatic rings. The van der Waals surface area contributed by atoms with Gasteiger partial charge in [0.2, 0.25) is 5.91 Å². The topological polar surface area (TPSA) is 70.7 Å². The largest absolute Gasteiger partial charge is 0.370 e. The van der Waals surface area contributed by atoms with E-state index in [0.717, 1.165) is 32.5 Å². The van der Waals surface area contributed by atoms with Crippen molar-refractivity contribution in [3.8, 4) is 0 Å². The number of guanidine groups is 1. The van der Waals surface area contributed by atoms with Gasteiger partial charge >= 0.3 is 0 Å². The van der Waals surface area contributed by atoms with Gasteiger partial charge in [0.1, 0.15) is 6.54 Å². The number of carbonyl (C=O) groups is 1. The molecule has 1 rings (SSSR count). The van der Waals surface area contributed by atoms with E-state index in [1.54, 1.807) is 0 Å². The number of nitrogens with one attached hydrogen (secondary N) is 1. The second-order valence-corrected chi connectivity index (χ2v) is 4.56. The molecular formula is C11H22N4O. The zero-order valence-corrected chi connectivity index (χ0v) is 10.2. The summed E-state index contributed by atoms with van der Waals surface area (Å²) in [6, 6.07) is 0. The van der Waals surface area contributed by atoms with Crippen LogP contribution in [-0.4, -0.2) is 42.9 Å². The minimum Gasteiger partial charge on any atom is -0.370 e. The molecule has 92 valence electrons. The number of hydrogen-bond acceptors (Lipinski definition) is 2. The molecule has 0 bridgehead atoms. The van der Waals surface area contributed by atoms with Crippen molar-refractivity contribution in [3.63, 3.8) is 0 Å². The van der Waals surface area contributed by atoms with Gasteiger partial charge in [-0.1, -0.05) is 13.8 Å². The molecule has 0 aromatic rings. The van der Waals surface area contributed by atoms with Crippen LogP contribution in [0.5, 0.6) is 0 Å². The van der Waals surface area contributed by atoms with Crippen molar-refractivity contribution < 1.29 is 4.79 Å². The number of likely N-dealkylation sites (tertiary alicyclic amines) is 1. The maximum absolute atomic E-state index is 11.6. The zero-order chi connectivity index (χ0) is 12.0. The van der Waals surface area contributed by atoms with E-state index < -0.39 is 0 Å². The molecule has 0 aliphatic carbocycles. The van der Waals surface area contributed by atoms with E-state index in [0.29, 0.717) is 11.9 Å². The fourth-order valence-corrected chi connectivity index (χ4v) is 1.58. The van der Waals surface area contributed by atoms with Crippen LogP contribution in [0.1, 0.15) is 26.7 Å². The van der Waals surface area contributed by atoms with Gasteiger partial charge in [-0.15, -0.1) is 0 Å². The lowest BCUT2D eigenvalue weighted by Crippen LogP contribution is -2.36. The molecule has 0 radical (unpaired) electrons. The smallest absolute Gasteiger partial charge is 0.244 e. The van der Waals surface area contributed by atoms with E-state index in [2.05, 4.69) is 24.2 Å². The molecule has 3 N–H and O–H groups in total. The van der Waals surface area contributed by atoms with Gasteiger partial charge in [0.25, 0.3) is 0 Å². The lowest BCUT2D eigenvalue weighted by molar-refractivity contribution is -0.128. The highest BCUT2D eigenvalue weighted by atomic mass is 16.2. The summed E-state index contributed by atoms with van der Waals surface area (Å²) in [4.78, 5) is 17.5. The minimum atomic E-state index is 0.0757. The second-order valence-electron chi connectivity index (χ2n) is 4.56. The number of rotatable bonds is 4. The fraction of sp³-hybridized carbons (Fsp3) is 0.818. The van der Waals surface area contributed by atoms with Crippen LogP contribution >= 0.6 is 0 Å². The molecule has 0 aromatic heterocycles. The Bertz CT molecular complexity index is 257. The standard InChI is InChI=1S/C11H22N4O/c1-9(2)7-13-11(12)14-8-10(16)15-5-3-4-6-15/h9H,3-8H2,1-2H3,(H3,12,13,14). The van der Waals surface area contributed by atoms with E-state index in [9.17, 15) is 4.79 Å². The molecule has 0 atom stereocenters. The van der Waals surface area contributed by atoms with Crippen LogP contribution in [0.3, 0.4) is 0 Å². The predicted octanol–water partition coefficient (Wildman–Crippen LogP) is 0.169. The third-order valence-electron chi connectivity index (χ3n) is 2.53. The summed E-state index contributed by atoms with van der Waals surface area (Å²) in [7, 11) is 0. The van der Waals surface area contributed by atoms with E-state index >= 15 is 0 Å². The van der Waals surface area contributed by atoms with Crippen LogP contribution in [0.15, 0.2) is 4.99 Å². The SMILES string of the molecule is CC(C)CNC(N)=NCC(=O)N1CCCC1. The normalized spacial score (nSPS) is 16.9. The summed E-state index contributed by atoms with van der Waals surface area (Å²) in [6.45, 7) is 6.87. The van der Waals surface area contributed by atoms with Crippen LogP contribution in [0, 0.1) is 5.92 Å². The van der Waals surface area contributed by atoms with Gasteiger partial charge in [0, 0.05) is 19.6 Å². The second kappa shape index (κ2) is 6.35. The molecule has 0 saturated carbocycles. The van der Waals surface area contributed by atoms with Crippen molar-refractivity contribution >= 4 is 11.9 Å². The van der Waals surface area contributed by atoms with Crippen LogP contribution in [-0.2, 0) is 4.79 Å². The van der Waals surface area contributed by atoms with Crippen LogP contribution in [0.25, 0.3) is 0 Å². The van der Waals surface area contributed by atoms with Gasteiger partial charge in [-0.2, -0.15) is 0 Å². The quantitative estimate of drug-likeness (QED) is 0.530. The van der Waals surface area contributed by atoms with Crippen molar-refractivity contribution in [3.05, 3.63) is 0 Å². The van der Waals surface area contributed by atoms with Gasteiger partial charge < -0.3 is 16.0 Å². The van der Waals surface area contributed by atoms with Gasteiger partial charge in [-0.25, -0.2) is 4.99 Å².